The lowest BCUT2D eigenvalue weighted by atomic mass is 9.76. The highest BCUT2D eigenvalue weighted by atomic mass is 79.9. The van der Waals surface area contributed by atoms with Crippen LogP contribution in [0.2, 0.25) is 0 Å². The maximum Gasteiger partial charge on any atom is 0.234 e. The summed E-state index contributed by atoms with van der Waals surface area (Å²) in [6.07, 6.45) is 1.05. The Morgan fingerprint density at radius 1 is 1.30 bits per heavy atom. The van der Waals surface area contributed by atoms with E-state index >= 15 is 0 Å². The normalized spacial score (nSPS) is 22.6. The highest BCUT2D eigenvalue weighted by Crippen LogP contribution is 2.37. The van der Waals surface area contributed by atoms with E-state index in [1.165, 1.54) is 0 Å². The van der Waals surface area contributed by atoms with E-state index < -0.39 is 0 Å². The molecule has 0 radical (unpaired) electrons. The number of aromatic nitrogens is 2. The van der Waals surface area contributed by atoms with E-state index in [1.54, 1.807) is 0 Å². The van der Waals surface area contributed by atoms with Crippen LogP contribution in [0.5, 0.6) is 0 Å². The van der Waals surface area contributed by atoms with E-state index in [0.29, 0.717) is 11.7 Å². The van der Waals surface area contributed by atoms with Gasteiger partial charge in [-0.15, -0.1) is 0 Å². The minimum Gasteiger partial charge on any atom is -0.338 e. The molecule has 1 aliphatic heterocycles. The Labute approximate surface area is 127 Å². The number of nitrogens with zero attached hydrogens (tertiary/aromatic N) is 2. The van der Waals surface area contributed by atoms with Gasteiger partial charge in [0.1, 0.15) is 0 Å². The predicted molar refractivity (Wildman–Crippen MR) is 81.4 cm³/mol. The number of hydrogen-bond donors (Lipinski definition) is 1. The summed E-state index contributed by atoms with van der Waals surface area (Å²) in [5.74, 6) is 1.89. The van der Waals surface area contributed by atoms with Crippen molar-refractivity contribution in [3.05, 3.63) is 34.6 Å². The van der Waals surface area contributed by atoms with Crippen LogP contribution in [0.4, 0.5) is 0 Å². The molecule has 3 rings (SSSR count). The third-order valence-corrected chi connectivity index (χ3v) is 4.78. The maximum atomic E-state index is 5.59. The molecule has 1 aromatic heterocycles. The van der Waals surface area contributed by atoms with E-state index in [-0.39, 0.29) is 5.41 Å². The third-order valence-electron chi connectivity index (χ3n) is 4.25. The fraction of sp³-hybridized carbons (Fsp3) is 0.467. The lowest BCUT2D eigenvalue weighted by Crippen LogP contribution is -2.35. The van der Waals surface area contributed by atoms with Crippen LogP contribution in [-0.4, -0.2) is 23.2 Å². The Kier molecular flexibility index (Phi) is 3.65. The van der Waals surface area contributed by atoms with Crippen molar-refractivity contribution in [3.63, 3.8) is 0 Å². The topological polar surface area (TPSA) is 51.0 Å². The summed E-state index contributed by atoms with van der Waals surface area (Å²) in [5.41, 5.74) is 0.953. The second-order valence-corrected chi connectivity index (χ2v) is 6.58. The van der Waals surface area contributed by atoms with Gasteiger partial charge in [0, 0.05) is 16.6 Å². The fourth-order valence-corrected chi connectivity index (χ4v) is 3.04. The van der Waals surface area contributed by atoms with Crippen LogP contribution in [0.1, 0.15) is 26.2 Å². The molecule has 1 N–H and O–H groups in total. The van der Waals surface area contributed by atoms with Crippen LogP contribution in [0.3, 0.4) is 0 Å². The largest absolute Gasteiger partial charge is 0.338 e. The van der Waals surface area contributed by atoms with Crippen molar-refractivity contribution in [2.75, 3.05) is 13.1 Å². The van der Waals surface area contributed by atoms with Crippen LogP contribution in [-0.2, 0) is 5.41 Å². The molecule has 5 heteroatoms. The molecule has 2 heterocycles. The van der Waals surface area contributed by atoms with Crippen molar-refractivity contribution in [3.8, 4) is 11.4 Å². The Hall–Kier alpha value is -1.20. The number of nitrogens with one attached hydrogen (secondary N) is 1. The summed E-state index contributed by atoms with van der Waals surface area (Å²) in [6, 6.07) is 7.96. The molecular formula is C15H18BrN3O. The van der Waals surface area contributed by atoms with Crippen molar-refractivity contribution >= 4 is 15.9 Å². The van der Waals surface area contributed by atoms with Gasteiger partial charge in [-0.25, -0.2) is 0 Å². The first-order chi connectivity index (χ1) is 9.62. The van der Waals surface area contributed by atoms with E-state index in [1.807, 2.05) is 24.3 Å². The fourth-order valence-electron chi connectivity index (χ4n) is 2.78. The van der Waals surface area contributed by atoms with Crippen LogP contribution in [0.25, 0.3) is 11.4 Å². The number of halogens is 1. The molecule has 1 unspecified atom stereocenters. The van der Waals surface area contributed by atoms with Crippen molar-refractivity contribution < 1.29 is 4.52 Å². The Balaban J connectivity index is 1.95. The number of benzene rings is 1. The second kappa shape index (κ2) is 5.30. The quantitative estimate of drug-likeness (QED) is 0.934. The molecule has 0 bridgehead atoms. The molecule has 0 amide bonds. The molecule has 4 nitrogen and oxygen atoms in total. The molecule has 0 saturated carbocycles. The van der Waals surface area contributed by atoms with Gasteiger partial charge in [-0.05, 0) is 43.1 Å². The van der Waals surface area contributed by atoms with Crippen LogP contribution < -0.4 is 5.32 Å². The predicted octanol–water partition coefficient (Wildman–Crippen LogP) is 3.39. The van der Waals surface area contributed by atoms with Gasteiger partial charge in [0.2, 0.25) is 11.7 Å². The summed E-state index contributed by atoms with van der Waals surface area (Å²) in [5, 5.41) is 7.57. The molecule has 0 spiro atoms. The standard InChI is InChI=1S/C15H18BrN3O/c1-10(2)15(7-8-17-9-15)14-18-13(19-20-14)11-3-5-12(16)6-4-11/h3-6,10,17H,7-9H2,1-2H3. The number of hydrogen-bond acceptors (Lipinski definition) is 4. The maximum absolute atomic E-state index is 5.59. The molecule has 0 aliphatic carbocycles. The minimum atomic E-state index is -0.0272. The molecular weight excluding hydrogens is 318 g/mol. The molecule has 1 atom stereocenters. The Morgan fingerprint density at radius 2 is 2.05 bits per heavy atom. The molecule has 20 heavy (non-hydrogen) atoms. The monoisotopic (exact) mass is 335 g/mol. The van der Waals surface area contributed by atoms with Gasteiger partial charge in [0.05, 0.1) is 5.41 Å². The van der Waals surface area contributed by atoms with Crippen LogP contribution in [0.15, 0.2) is 33.3 Å². The SMILES string of the molecule is CC(C)C1(c2nc(-c3ccc(Br)cc3)no2)CCNC1. The van der Waals surface area contributed by atoms with Gasteiger partial charge >= 0.3 is 0 Å². The molecule has 106 valence electrons. The van der Waals surface area contributed by atoms with E-state index in [0.717, 1.165) is 35.4 Å². The highest BCUT2D eigenvalue weighted by molar-refractivity contribution is 9.10. The first kappa shape index (κ1) is 13.8. The molecule has 1 aliphatic rings. The zero-order chi connectivity index (χ0) is 14.2. The molecule has 1 aromatic carbocycles. The van der Waals surface area contributed by atoms with Crippen molar-refractivity contribution in [1.29, 1.82) is 0 Å². The van der Waals surface area contributed by atoms with Gasteiger partial charge in [0.25, 0.3) is 0 Å². The van der Waals surface area contributed by atoms with Crippen molar-refractivity contribution in [2.45, 2.75) is 25.7 Å². The lowest BCUT2D eigenvalue weighted by Gasteiger charge is -2.27. The first-order valence-corrected chi connectivity index (χ1v) is 7.72. The van der Waals surface area contributed by atoms with Gasteiger partial charge in [0.15, 0.2) is 0 Å². The zero-order valence-corrected chi connectivity index (χ0v) is 13.3. The van der Waals surface area contributed by atoms with Crippen LogP contribution in [0, 0.1) is 5.92 Å². The summed E-state index contributed by atoms with van der Waals surface area (Å²) in [4.78, 5) is 4.65. The van der Waals surface area contributed by atoms with Gasteiger partial charge in [-0.2, -0.15) is 4.98 Å². The Morgan fingerprint density at radius 3 is 2.65 bits per heavy atom. The smallest absolute Gasteiger partial charge is 0.234 e. The summed E-state index contributed by atoms with van der Waals surface area (Å²) in [6.45, 7) is 6.35. The molecule has 1 fully saturated rings. The summed E-state index contributed by atoms with van der Waals surface area (Å²) < 4.78 is 6.63. The third kappa shape index (κ3) is 2.29. The van der Waals surface area contributed by atoms with Crippen LogP contribution >= 0.6 is 15.9 Å². The van der Waals surface area contributed by atoms with Crippen molar-refractivity contribution in [2.24, 2.45) is 5.92 Å². The second-order valence-electron chi connectivity index (χ2n) is 5.67. The number of rotatable bonds is 3. The van der Waals surface area contributed by atoms with Gasteiger partial charge in [-0.3, -0.25) is 0 Å². The van der Waals surface area contributed by atoms with E-state index in [2.05, 4.69) is 45.2 Å². The van der Waals surface area contributed by atoms with E-state index in [4.69, 9.17) is 4.52 Å². The summed E-state index contributed by atoms with van der Waals surface area (Å²) in [7, 11) is 0. The molecule has 1 saturated heterocycles. The zero-order valence-electron chi connectivity index (χ0n) is 11.7. The van der Waals surface area contributed by atoms with Gasteiger partial charge in [-0.1, -0.05) is 34.9 Å². The average molecular weight is 336 g/mol. The van der Waals surface area contributed by atoms with Crippen molar-refractivity contribution in [1.82, 2.24) is 15.5 Å². The Bertz CT molecular complexity index is 585. The first-order valence-electron chi connectivity index (χ1n) is 6.93. The van der Waals surface area contributed by atoms with Gasteiger partial charge < -0.3 is 9.84 Å². The van der Waals surface area contributed by atoms with E-state index in [9.17, 15) is 0 Å². The average Bonchev–Trinajstić information content (AvgIpc) is 3.09. The lowest BCUT2D eigenvalue weighted by molar-refractivity contribution is 0.234. The summed E-state index contributed by atoms with van der Waals surface area (Å²) >= 11 is 3.43. The molecule has 2 aromatic rings. The minimum absolute atomic E-state index is 0.0272. The highest BCUT2D eigenvalue weighted by Gasteiger charge is 2.43.